The van der Waals surface area contributed by atoms with Crippen LogP contribution in [-0.2, 0) is 0 Å². The molecule has 4 unspecified atom stereocenters. The van der Waals surface area contributed by atoms with Gasteiger partial charge in [-0.05, 0) is 70.3 Å². The van der Waals surface area contributed by atoms with Gasteiger partial charge in [0.05, 0.1) is 0 Å². The van der Waals surface area contributed by atoms with E-state index >= 15 is 0 Å². The number of hydrogen-bond donors (Lipinski definition) is 1. The first-order valence-corrected chi connectivity index (χ1v) is 10.7. The molecule has 1 fully saturated rings. The summed E-state index contributed by atoms with van der Waals surface area (Å²) in [6.45, 7) is 13.5. The monoisotopic (exact) mass is 345 g/mol. The number of allylic oxidation sites excluding steroid dienone is 4. The molecule has 25 heavy (non-hydrogen) atoms. The van der Waals surface area contributed by atoms with Gasteiger partial charge < -0.3 is 5.32 Å². The summed E-state index contributed by atoms with van der Waals surface area (Å²) in [7, 11) is 2.07. The number of nitrogens with one attached hydrogen (secondary N) is 1. The van der Waals surface area contributed by atoms with E-state index in [0.29, 0.717) is 12.0 Å². The summed E-state index contributed by atoms with van der Waals surface area (Å²) in [6.07, 6.45) is 18.8. The Kier molecular flexibility index (Phi) is 11.1. The standard InChI is InChI=1S/C24H43N/c1-7-9-10-11-12-19(3)13-14-20(4)23-17-18-24(23)21(5)15-16-22(8-2)25-6/h13-15,20,22-25H,3,7-12,16-18H2,1-2,4-6H3/b14-13-,21-15-. The predicted molar refractivity (Wildman–Crippen MR) is 114 cm³/mol. The molecule has 1 heteroatoms. The summed E-state index contributed by atoms with van der Waals surface area (Å²) in [4.78, 5) is 0. The van der Waals surface area contributed by atoms with Gasteiger partial charge >= 0.3 is 0 Å². The van der Waals surface area contributed by atoms with Crippen LogP contribution >= 0.6 is 0 Å². The average molecular weight is 346 g/mol. The first-order chi connectivity index (χ1) is 12.0. The van der Waals surface area contributed by atoms with Crippen molar-refractivity contribution in [2.75, 3.05) is 7.05 Å². The summed E-state index contributed by atoms with van der Waals surface area (Å²) >= 11 is 0. The SMILES string of the molecule is C=C(/C=C\C(C)C1CCC1/C(C)=C\CC(CC)NC)CCCCCC. The van der Waals surface area contributed by atoms with Crippen molar-refractivity contribution >= 4 is 0 Å². The minimum atomic E-state index is 0.627. The molecule has 0 aromatic heterocycles. The molecule has 0 radical (unpaired) electrons. The largest absolute Gasteiger partial charge is 0.317 e. The van der Waals surface area contributed by atoms with E-state index < -0.39 is 0 Å². The van der Waals surface area contributed by atoms with E-state index in [1.54, 1.807) is 5.57 Å². The average Bonchev–Trinajstić information content (AvgIpc) is 2.57. The lowest BCUT2D eigenvalue weighted by Gasteiger charge is -2.41. The molecule has 0 saturated heterocycles. The smallest absolute Gasteiger partial charge is 0.00960 e. The Balaban J connectivity index is 2.42. The molecular formula is C24H43N. The van der Waals surface area contributed by atoms with Gasteiger partial charge in [0.15, 0.2) is 0 Å². The third-order valence-corrected chi connectivity index (χ3v) is 6.20. The summed E-state index contributed by atoms with van der Waals surface area (Å²) in [5.41, 5.74) is 2.93. The van der Waals surface area contributed by atoms with Crippen molar-refractivity contribution < 1.29 is 0 Å². The zero-order valence-corrected chi connectivity index (χ0v) is 17.6. The van der Waals surface area contributed by atoms with Gasteiger partial charge in [0, 0.05) is 6.04 Å². The van der Waals surface area contributed by atoms with E-state index in [1.807, 2.05) is 0 Å². The maximum Gasteiger partial charge on any atom is 0.00960 e. The molecule has 1 aliphatic rings. The molecule has 144 valence electrons. The molecule has 0 aliphatic heterocycles. The van der Waals surface area contributed by atoms with Crippen molar-refractivity contribution in [1.82, 2.24) is 5.32 Å². The second-order valence-corrected chi connectivity index (χ2v) is 8.11. The van der Waals surface area contributed by atoms with Gasteiger partial charge in [0.1, 0.15) is 0 Å². The van der Waals surface area contributed by atoms with Crippen LogP contribution in [-0.4, -0.2) is 13.1 Å². The summed E-state index contributed by atoms with van der Waals surface area (Å²) in [6, 6.07) is 0.627. The molecule has 1 rings (SSSR count). The highest BCUT2D eigenvalue weighted by molar-refractivity contribution is 5.17. The number of rotatable bonds is 13. The van der Waals surface area contributed by atoms with Crippen LogP contribution in [0.15, 0.2) is 36.0 Å². The Morgan fingerprint density at radius 3 is 2.52 bits per heavy atom. The van der Waals surface area contributed by atoms with E-state index in [1.165, 1.54) is 63.4 Å². The normalized spacial score (nSPS) is 23.5. The maximum atomic E-state index is 4.24. The van der Waals surface area contributed by atoms with Crippen LogP contribution in [0.5, 0.6) is 0 Å². The second-order valence-electron chi connectivity index (χ2n) is 8.11. The van der Waals surface area contributed by atoms with Gasteiger partial charge in [-0.1, -0.05) is 76.0 Å². The summed E-state index contributed by atoms with van der Waals surface area (Å²) in [5.74, 6) is 2.29. The Morgan fingerprint density at radius 1 is 1.20 bits per heavy atom. The van der Waals surface area contributed by atoms with Gasteiger partial charge in [-0.25, -0.2) is 0 Å². The van der Waals surface area contributed by atoms with Crippen LogP contribution in [0.2, 0.25) is 0 Å². The third-order valence-electron chi connectivity index (χ3n) is 6.20. The van der Waals surface area contributed by atoms with Crippen LogP contribution in [0.3, 0.4) is 0 Å². The van der Waals surface area contributed by atoms with Crippen molar-refractivity contribution in [2.45, 2.75) is 91.5 Å². The molecule has 1 aliphatic carbocycles. The number of hydrogen-bond acceptors (Lipinski definition) is 1. The van der Waals surface area contributed by atoms with Gasteiger partial charge in [-0.2, -0.15) is 0 Å². The summed E-state index contributed by atoms with van der Waals surface area (Å²) in [5, 5.41) is 3.41. The molecular weight excluding hydrogens is 302 g/mol. The van der Waals surface area contributed by atoms with E-state index in [0.717, 1.165) is 11.8 Å². The molecule has 1 saturated carbocycles. The molecule has 0 bridgehead atoms. The van der Waals surface area contributed by atoms with Crippen LogP contribution in [0, 0.1) is 17.8 Å². The molecule has 0 spiro atoms. The minimum Gasteiger partial charge on any atom is -0.317 e. The fourth-order valence-corrected chi connectivity index (χ4v) is 3.98. The van der Waals surface area contributed by atoms with Gasteiger partial charge in [0.25, 0.3) is 0 Å². The van der Waals surface area contributed by atoms with Crippen molar-refractivity contribution in [3.63, 3.8) is 0 Å². The van der Waals surface area contributed by atoms with E-state index in [4.69, 9.17) is 0 Å². The Labute approximate surface area is 158 Å². The molecule has 0 aromatic carbocycles. The quantitative estimate of drug-likeness (QED) is 0.214. The zero-order valence-electron chi connectivity index (χ0n) is 17.6. The lowest BCUT2D eigenvalue weighted by atomic mass is 9.64. The van der Waals surface area contributed by atoms with Crippen LogP contribution in [0.4, 0.5) is 0 Å². The highest BCUT2D eigenvalue weighted by Gasteiger charge is 2.34. The Hall–Kier alpha value is -0.820. The fourth-order valence-electron chi connectivity index (χ4n) is 3.98. The van der Waals surface area contributed by atoms with E-state index in [9.17, 15) is 0 Å². The van der Waals surface area contributed by atoms with Crippen molar-refractivity contribution in [3.8, 4) is 0 Å². The predicted octanol–water partition coefficient (Wildman–Crippen LogP) is 7.07. The fraction of sp³-hybridized carbons (Fsp3) is 0.750. The second kappa shape index (κ2) is 12.5. The van der Waals surface area contributed by atoms with Crippen LogP contribution < -0.4 is 5.32 Å². The molecule has 0 aromatic rings. The first-order valence-electron chi connectivity index (χ1n) is 10.7. The maximum absolute atomic E-state index is 4.24. The van der Waals surface area contributed by atoms with Crippen molar-refractivity contribution in [3.05, 3.63) is 36.0 Å². The van der Waals surface area contributed by atoms with Crippen LogP contribution in [0.1, 0.15) is 85.5 Å². The van der Waals surface area contributed by atoms with E-state index in [-0.39, 0.29) is 0 Å². The van der Waals surface area contributed by atoms with Crippen molar-refractivity contribution in [2.24, 2.45) is 17.8 Å². The van der Waals surface area contributed by atoms with Gasteiger partial charge in [0.2, 0.25) is 0 Å². The summed E-state index contributed by atoms with van der Waals surface area (Å²) < 4.78 is 0. The molecule has 1 nitrogen and oxygen atoms in total. The van der Waals surface area contributed by atoms with E-state index in [2.05, 4.69) is 64.9 Å². The third kappa shape index (κ3) is 7.94. The highest BCUT2D eigenvalue weighted by Crippen LogP contribution is 2.44. The lowest BCUT2D eigenvalue weighted by Crippen LogP contribution is -2.31. The minimum absolute atomic E-state index is 0.627. The topological polar surface area (TPSA) is 12.0 Å². The number of unbranched alkanes of at least 4 members (excludes halogenated alkanes) is 3. The zero-order chi connectivity index (χ0) is 18.7. The Morgan fingerprint density at radius 2 is 1.96 bits per heavy atom. The first kappa shape index (κ1) is 22.2. The molecule has 0 heterocycles. The molecule has 0 amide bonds. The van der Waals surface area contributed by atoms with Crippen LogP contribution in [0.25, 0.3) is 0 Å². The molecule has 4 atom stereocenters. The van der Waals surface area contributed by atoms with Gasteiger partial charge in [-0.3, -0.25) is 0 Å². The Bertz CT molecular complexity index is 427. The van der Waals surface area contributed by atoms with Gasteiger partial charge in [-0.15, -0.1) is 0 Å². The molecule has 1 N–H and O–H groups in total. The van der Waals surface area contributed by atoms with Crippen molar-refractivity contribution in [1.29, 1.82) is 0 Å². The highest BCUT2D eigenvalue weighted by atomic mass is 14.9. The lowest BCUT2D eigenvalue weighted by molar-refractivity contribution is 0.167.